The van der Waals surface area contributed by atoms with Crippen LogP contribution in [0.25, 0.3) is 0 Å². The van der Waals surface area contributed by atoms with Gasteiger partial charge in [0.2, 0.25) is 0 Å². The predicted octanol–water partition coefficient (Wildman–Crippen LogP) is 2.84. The Balaban J connectivity index is 1.99. The number of hydrogen-bond acceptors (Lipinski definition) is 3. The van der Waals surface area contributed by atoms with Crippen molar-refractivity contribution >= 4 is 5.91 Å². The summed E-state index contributed by atoms with van der Waals surface area (Å²) in [5.41, 5.74) is 1.30. The van der Waals surface area contributed by atoms with Crippen molar-refractivity contribution in [1.29, 1.82) is 0 Å². The van der Waals surface area contributed by atoms with Crippen molar-refractivity contribution in [2.75, 3.05) is 13.7 Å². The molecule has 1 heterocycles. The summed E-state index contributed by atoms with van der Waals surface area (Å²) in [7, 11) is 1.54. The Hall–Kier alpha value is -2.14. The summed E-state index contributed by atoms with van der Waals surface area (Å²) in [4.78, 5) is 11.9. The molecule has 106 valence electrons. The second-order valence-electron chi connectivity index (χ2n) is 4.38. The SMILES string of the molecule is CO[C@H](CNC(=O)c1ccoc1C)c1ccc(F)cc1. The highest BCUT2D eigenvalue weighted by atomic mass is 19.1. The third kappa shape index (κ3) is 3.24. The van der Waals surface area contributed by atoms with Gasteiger partial charge in [0, 0.05) is 13.7 Å². The van der Waals surface area contributed by atoms with Crippen LogP contribution in [0, 0.1) is 12.7 Å². The first-order chi connectivity index (χ1) is 9.61. The zero-order valence-electron chi connectivity index (χ0n) is 11.4. The minimum Gasteiger partial charge on any atom is -0.469 e. The van der Waals surface area contributed by atoms with Crippen molar-refractivity contribution in [3.8, 4) is 0 Å². The molecule has 0 aliphatic heterocycles. The van der Waals surface area contributed by atoms with E-state index in [1.807, 2.05) is 0 Å². The molecular weight excluding hydrogens is 261 g/mol. The van der Waals surface area contributed by atoms with Gasteiger partial charge in [-0.1, -0.05) is 12.1 Å². The van der Waals surface area contributed by atoms with Gasteiger partial charge >= 0.3 is 0 Å². The van der Waals surface area contributed by atoms with Crippen LogP contribution < -0.4 is 5.32 Å². The molecule has 0 aliphatic rings. The van der Waals surface area contributed by atoms with Gasteiger partial charge in [-0.15, -0.1) is 0 Å². The van der Waals surface area contributed by atoms with Crippen molar-refractivity contribution in [2.45, 2.75) is 13.0 Å². The molecule has 1 N–H and O–H groups in total. The van der Waals surface area contributed by atoms with Crippen molar-refractivity contribution in [3.63, 3.8) is 0 Å². The third-order valence-electron chi connectivity index (χ3n) is 3.08. The van der Waals surface area contributed by atoms with Crippen LogP contribution in [0.2, 0.25) is 0 Å². The number of furan rings is 1. The number of rotatable bonds is 5. The number of halogens is 1. The lowest BCUT2D eigenvalue weighted by Gasteiger charge is -2.16. The van der Waals surface area contributed by atoms with E-state index < -0.39 is 0 Å². The molecule has 4 nitrogen and oxygen atoms in total. The highest BCUT2D eigenvalue weighted by Gasteiger charge is 2.15. The summed E-state index contributed by atoms with van der Waals surface area (Å²) < 4.78 is 23.3. The summed E-state index contributed by atoms with van der Waals surface area (Å²) in [6.07, 6.45) is 1.14. The topological polar surface area (TPSA) is 51.5 Å². The number of benzene rings is 1. The van der Waals surface area contributed by atoms with Crippen molar-refractivity contribution < 1.29 is 18.3 Å². The molecule has 0 saturated heterocycles. The van der Waals surface area contributed by atoms with Crippen LogP contribution in [0.4, 0.5) is 4.39 Å². The van der Waals surface area contributed by atoms with Crippen molar-refractivity contribution in [3.05, 3.63) is 59.3 Å². The monoisotopic (exact) mass is 277 g/mol. The fourth-order valence-corrected chi connectivity index (χ4v) is 1.92. The van der Waals surface area contributed by atoms with Crippen LogP contribution in [0.15, 0.2) is 41.0 Å². The van der Waals surface area contributed by atoms with Gasteiger partial charge < -0.3 is 14.5 Å². The Bertz CT molecular complexity index is 577. The van der Waals surface area contributed by atoms with Crippen LogP contribution in [-0.2, 0) is 4.74 Å². The Kier molecular flexibility index (Phi) is 4.53. The molecule has 0 unspecified atom stereocenters. The fourth-order valence-electron chi connectivity index (χ4n) is 1.92. The van der Waals surface area contributed by atoms with Gasteiger partial charge in [-0.05, 0) is 30.7 Å². The molecule has 0 fully saturated rings. The van der Waals surface area contributed by atoms with Crippen LogP contribution in [0.5, 0.6) is 0 Å². The van der Waals surface area contributed by atoms with E-state index in [2.05, 4.69) is 5.32 Å². The Morgan fingerprint density at radius 2 is 2.05 bits per heavy atom. The molecule has 1 amide bonds. The minimum atomic E-state index is -0.327. The number of amides is 1. The second-order valence-corrected chi connectivity index (χ2v) is 4.38. The number of methoxy groups -OCH3 is 1. The van der Waals surface area contributed by atoms with Crippen molar-refractivity contribution in [1.82, 2.24) is 5.32 Å². The Morgan fingerprint density at radius 3 is 2.60 bits per heavy atom. The fraction of sp³-hybridized carbons (Fsp3) is 0.267. The molecule has 5 heteroatoms. The second kappa shape index (κ2) is 6.34. The quantitative estimate of drug-likeness (QED) is 0.914. The maximum absolute atomic E-state index is 12.9. The molecule has 2 aromatic rings. The van der Waals surface area contributed by atoms with Crippen LogP contribution in [-0.4, -0.2) is 19.6 Å². The van der Waals surface area contributed by atoms with Gasteiger partial charge in [0.05, 0.1) is 17.9 Å². The molecule has 0 aliphatic carbocycles. The average molecular weight is 277 g/mol. The largest absolute Gasteiger partial charge is 0.469 e. The van der Waals surface area contributed by atoms with E-state index in [4.69, 9.17) is 9.15 Å². The van der Waals surface area contributed by atoms with Gasteiger partial charge in [0.1, 0.15) is 11.6 Å². The predicted molar refractivity (Wildman–Crippen MR) is 71.9 cm³/mol. The molecule has 1 aromatic carbocycles. The van der Waals surface area contributed by atoms with Crippen LogP contribution >= 0.6 is 0 Å². The Labute approximate surface area is 116 Å². The van der Waals surface area contributed by atoms with Gasteiger partial charge in [-0.3, -0.25) is 4.79 Å². The van der Waals surface area contributed by atoms with E-state index in [-0.39, 0.29) is 17.8 Å². The lowest BCUT2D eigenvalue weighted by molar-refractivity contribution is 0.0826. The van der Waals surface area contributed by atoms with Crippen molar-refractivity contribution in [2.24, 2.45) is 0 Å². The molecule has 1 atom stereocenters. The number of carbonyl (C=O) groups excluding carboxylic acids is 1. The van der Waals surface area contributed by atoms with Crippen LogP contribution in [0.1, 0.15) is 27.8 Å². The molecule has 0 radical (unpaired) electrons. The number of ether oxygens (including phenoxy) is 1. The average Bonchev–Trinajstić information content (AvgIpc) is 2.87. The standard InChI is InChI=1S/C15H16FNO3/c1-10-13(7-8-20-10)15(18)17-9-14(19-2)11-3-5-12(16)6-4-11/h3-8,14H,9H2,1-2H3,(H,17,18)/t14-/m1/s1. The van der Waals surface area contributed by atoms with E-state index in [0.29, 0.717) is 17.9 Å². The van der Waals surface area contributed by atoms with Crippen LogP contribution in [0.3, 0.4) is 0 Å². The first kappa shape index (κ1) is 14.3. The smallest absolute Gasteiger partial charge is 0.254 e. The van der Waals surface area contributed by atoms with E-state index in [1.54, 1.807) is 32.2 Å². The molecule has 2 rings (SSSR count). The highest BCUT2D eigenvalue weighted by Crippen LogP contribution is 2.16. The number of carbonyl (C=O) groups is 1. The lowest BCUT2D eigenvalue weighted by Crippen LogP contribution is -2.29. The van der Waals surface area contributed by atoms with Gasteiger partial charge in [-0.2, -0.15) is 0 Å². The number of nitrogens with one attached hydrogen (secondary N) is 1. The first-order valence-corrected chi connectivity index (χ1v) is 6.22. The molecule has 20 heavy (non-hydrogen) atoms. The van der Waals surface area contributed by atoms with E-state index in [1.165, 1.54) is 18.4 Å². The van der Waals surface area contributed by atoms with E-state index >= 15 is 0 Å². The van der Waals surface area contributed by atoms with E-state index in [0.717, 1.165) is 5.56 Å². The maximum Gasteiger partial charge on any atom is 0.254 e. The number of aryl methyl sites for hydroxylation is 1. The third-order valence-corrected chi connectivity index (χ3v) is 3.08. The summed E-state index contributed by atoms with van der Waals surface area (Å²) in [5, 5.41) is 2.77. The molecule has 0 saturated carbocycles. The maximum atomic E-state index is 12.9. The summed E-state index contributed by atoms with van der Waals surface area (Å²) in [6.45, 7) is 2.02. The van der Waals surface area contributed by atoms with Gasteiger partial charge in [0.25, 0.3) is 5.91 Å². The molecule has 1 aromatic heterocycles. The van der Waals surface area contributed by atoms with E-state index in [9.17, 15) is 9.18 Å². The summed E-state index contributed by atoms with van der Waals surface area (Å²) in [6, 6.07) is 7.62. The summed E-state index contributed by atoms with van der Waals surface area (Å²) in [5.74, 6) is 0.0420. The summed E-state index contributed by atoms with van der Waals surface area (Å²) >= 11 is 0. The normalized spacial score (nSPS) is 12.2. The zero-order chi connectivity index (χ0) is 14.5. The molecule has 0 bridgehead atoms. The molecule has 0 spiro atoms. The lowest BCUT2D eigenvalue weighted by atomic mass is 10.1. The molecular formula is C15H16FNO3. The first-order valence-electron chi connectivity index (χ1n) is 6.22. The Morgan fingerprint density at radius 1 is 1.35 bits per heavy atom. The highest BCUT2D eigenvalue weighted by molar-refractivity contribution is 5.95. The van der Waals surface area contributed by atoms with Gasteiger partial charge in [-0.25, -0.2) is 4.39 Å². The number of hydrogen-bond donors (Lipinski definition) is 1. The van der Waals surface area contributed by atoms with Gasteiger partial charge in [0.15, 0.2) is 0 Å². The zero-order valence-corrected chi connectivity index (χ0v) is 11.4. The minimum absolute atomic E-state index is 0.222.